The lowest BCUT2D eigenvalue weighted by molar-refractivity contribution is -0.152. The predicted octanol–water partition coefficient (Wildman–Crippen LogP) is 2.97. The van der Waals surface area contributed by atoms with Crippen molar-refractivity contribution in [1.82, 2.24) is 5.01 Å². The minimum Gasteiger partial charge on any atom is -0.480 e. The molecule has 1 heterocycles. The number of hydrogen-bond donors (Lipinski definition) is 1. The Morgan fingerprint density at radius 1 is 1.30 bits per heavy atom. The van der Waals surface area contributed by atoms with Crippen LogP contribution in [0, 0.1) is 4.91 Å². The van der Waals surface area contributed by atoms with Gasteiger partial charge in [-0.2, -0.15) is 0 Å². The largest absolute Gasteiger partial charge is 0.480 e. The number of rotatable bonds is 10. The molecule has 9 nitrogen and oxygen atoms in total. The molecule has 1 aliphatic rings. The Morgan fingerprint density at radius 3 is 2.70 bits per heavy atom. The summed E-state index contributed by atoms with van der Waals surface area (Å²) in [6.07, 6.45) is -0.144. The number of benzene rings is 2. The third-order valence-corrected chi connectivity index (χ3v) is 5.33. The van der Waals surface area contributed by atoms with E-state index in [4.69, 9.17) is 11.6 Å². The Labute approximate surface area is 198 Å². The number of esters is 1. The Kier molecular flexibility index (Phi) is 6.04. The van der Waals surface area contributed by atoms with Crippen LogP contribution in [0.2, 0.25) is 0 Å². The second-order valence-corrected chi connectivity index (χ2v) is 7.37. The van der Waals surface area contributed by atoms with E-state index in [1.807, 2.05) is 0 Å². The molecule has 0 fully saturated rings. The fraction of sp³-hybridized carbons (Fsp3) is 0.375. The van der Waals surface area contributed by atoms with Crippen LogP contribution in [0.5, 0.6) is 0 Å². The van der Waals surface area contributed by atoms with E-state index < -0.39 is 66.7 Å². The number of nitrogens with zero attached hydrogens (tertiary/aromatic N) is 3. The number of carbonyl (C=O) groups is 3. The maximum absolute atomic E-state index is 13.6. The van der Waals surface area contributed by atoms with Gasteiger partial charge < -0.3 is 9.84 Å². The summed E-state index contributed by atoms with van der Waals surface area (Å²) in [6, 6.07) is 1.43. The molecule has 9 heteroatoms. The van der Waals surface area contributed by atoms with Crippen LogP contribution in [0.1, 0.15) is 37.7 Å². The Balaban J connectivity index is 2.00. The molecule has 1 amide bonds. The normalized spacial score (nSPS) is 18.5. The maximum Gasteiger partial charge on any atom is 0.330 e. The lowest BCUT2D eigenvalue weighted by Gasteiger charge is -2.32. The minimum atomic E-state index is -1.44. The zero-order valence-electron chi connectivity index (χ0n) is 23.0. The van der Waals surface area contributed by atoms with Crippen LogP contribution < -0.4 is 4.90 Å². The zero-order valence-corrected chi connectivity index (χ0v) is 18.0. The molecular formula is C24H27N3O6. The summed E-state index contributed by atoms with van der Waals surface area (Å²) >= 11 is 0. The van der Waals surface area contributed by atoms with Crippen LogP contribution in [-0.4, -0.2) is 53.2 Å². The summed E-state index contributed by atoms with van der Waals surface area (Å²) in [5.74, 6) is -2.91. The van der Waals surface area contributed by atoms with Gasteiger partial charge in [0.1, 0.15) is 18.6 Å². The van der Waals surface area contributed by atoms with Crippen LogP contribution in [0.25, 0.3) is 0 Å². The summed E-state index contributed by atoms with van der Waals surface area (Å²) in [5, 5.41) is 13.2. The maximum atomic E-state index is 13.6. The van der Waals surface area contributed by atoms with Crippen molar-refractivity contribution >= 4 is 23.5 Å². The van der Waals surface area contributed by atoms with Crippen LogP contribution in [0.3, 0.4) is 0 Å². The van der Waals surface area contributed by atoms with Crippen molar-refractivity contribution in [2.24, 2.45) is 5.29 Å². The quantitative estimate of drug-likeness (QED) is 0.330. The lowest BCUT2D eigenvalue weighted by atomic mass is 10.0. The fourth-order valence-corrected chi connectivity index (χ4v) is 3.85. The van der Waals surface area contributed by atoms with E-state index in [1.54, 1.807) is 31.2 Å². The Bertz CT molecular complexity index is 1230. The number of carboxylic acids is 1. The standard InChI is InChI=1S/C24H27N3O6/c1-2-33-24(31)21(14-12-17-8-4-3-5-9-17)27(25-32)20-15-13-18-10-6-7-11-19(18)26(23(20)30)16-22(28)29/h3-11,20-21H,2,12-16H2,1H3,(H,28,29)/t20-,21-/m0/s1/i3D,4D,5D,8D,9D. The van der Waals surface area contributed by atoms with E-state index in [-0.39, 0.29) is 37.9 Å². The number of aliphatic carboxylic acids is 1. The van der Waals surface area contributed by atoms with Gasteiger partial charge in [0.2, 0.25) is 0 Å². The average molecular weight is 459 g/mol. The molecule has 0 unspecified atom stereocenters. The van der Waals surface area contributed by atoms with Gasteiger partial charge in [-0.15, -0.1) is 4.91 Å². The molecule has 0 aliphatic carbocycles. The van der Waals surface area contributed by atoms with Gasteiger partial charge >= 0.3 is 11.9 Å². The minimum absolute atomic E-state index is 0.0439. The number of amides is 1. The molecule has 0 radical (unpaired) electrons. The highest BCUT2D eigenvalue weighted by Gasteiger charge is 2.41. The van der Waals surface area contributed by atoms with E-state index in [2.05, 4.69) is 5.29 Å². The van der Waals surface area contributed by atoms with Gasteiger partial charge in [-0.3, -0.25) is 14.5 Å². The molecule has 1 N–H and O–H groups in total. The number of nitroso groups, excluding NO2 is 1. The van der Waals surface area contributed by atoms with Gasteiger partial charge in [-0.25, -0.2) is 9.80 Å². The number of fused-ring (bicyclic) bond motifs is 1. The van der Waals surface area contributed by atoms with E-state index in [1.165, 1.54) is 0 Å². The number of anilines is 1. The van der Waals surface area contributed by atoms with Gasteiger partial charge in [0.15, 0.2) is 0 Å². The van der Waals surface area contributed by atoms with E-state index in [0.29, 0.717) is 11.3 Å². The van der Waals surface area contributed by atoms with Crippen molar-refractivity contribution in [3.05, 3.63) is 70.5 Å². The first kappa shape index (κ1) is 17.8. The van der Waals surface area contributed by atoms with Crippen LogP contribution >= 0.6 is 0 Å². The molecule has 0 saturated heterocycles. The molecule has 0 aromatic heterocycles. The average Bonchev–Trinajstić information content (AvgIpc) is 3.02. The van der Waals surface area contributed by atoms with Crippen molar-refractivity contribution in [3.8, 4) is 0 Å². The second kappa shape index (κ2) is 11.2. The number of aryl methyl sites for hydroxylation is 1. The molecule has 3 rings (SSSR count). The van der Waals surface area contributed by atoms with E-state index in [9.17, 15) is 24.4 Å². The zero-order chi connectivity index (χ0) is 28.1. The molecule has 0 bridgehead atoms. The Morgan fingerprint density at radius 2 is 2.03 bits per heavy atom. The van der Waals surface area contributed by atoms with Crippen molar-refractivity contribution in [3.63, 3.8) is 0 Å². The van der Waals surface area contributed by atoms with Gasteiger partial charge in [0.05, 0.1) is 18.7 Å². The van der Waals surface area contributed by atoms with Crippen LogP contribution in [-0.2, 0) is 32.0 Å². The molecule has 2 atom stereocenters. The predicted molar refractivity (Wildman–Crippen MR) is 121 cm³/mol. The van der Waals surface area contributed by atoms with Gasteiger partial charge in [-0.1, -0.05) is 48.4 Å². The SMILES string of the molecule is [2H]c1c([2H])c([2H])c(CC[C@@H](C(=O)OCC)N(N=O)[C@H]2CCc3ccccc3N(CC(=O)O)C2=O)c([2H])c1[2H]. The molecule has 2 aromatic carbocycles. The molecular weight excluding hydrogens is 426 g/mol. The molecule has 0 spiro atoms. The summed E-state index contributed by atoms with van der Waals surface area (Å²) in [6.45, 7) is 0.822. The number of hydrogen-bond acceptors (Lipinski definition) is 6. The number of carboxylic acid groups (broad SMARTS) is 1. The first-order valence-corrected chi connectivity index (χ1v) is 10.5. The number of carbonyl (C=O) groups excluding carboxylic acids is 2. The number of para-hydroxylation sites is 1. The van der Waals surface area contributed by atoms with Crippen molar-refractivity contribution in [2.45, 2.75) is 44.7 Å². The molecule has 1 aliphatic heterocycles. The summed E-state index contributed by atoms with van der Waals surface area (Å²) in [7, 11) is 0. The monoisotopic (exact) mass is 458 g/mol. The van der Waals surface area contributed by atoms with Crippen LogP contribution in [0.4, 0.5) is 5.69 Å². The van der Waals surface area contributed by atoms with Crippen molar-refractivity contribution in [1.29, 1.82) is 0 Å². The van der Waals surface area contributed by atoms with E-state index in [0.717, 1.165) is 9.91 Å². The summed E-state index contributed by atoms with van der Waals surface area (Å²) in [4.78, 5) is 51.3. The highest BCUT2D eigenvalue weighted by Crippen LogP contribution is 2.30. The molecule has 0 saturated carbocycles. The fourth-order valence-electron chi connectivity index (χ4n) is 3.85. The van der Waals surface area contributed by atoms with Gasteiger partial charge in [0, 0.05) is 5.69 Å². The highest BCUT2D eigenvalue weighted by atomic mass is 16.5. The van der Waals surface area contributed by atoms with Crippen LogP contribution in [0.15, 0.2) is 59.8 Å². The first-order valence-electron chi connectivity index (χ1n) is 13.0. The molecule has 174 valence electrons. The molecule has 33 heavy (non-hydrogen) atoms. The Hall–Kier alpha value is -3.75. The topological polar surface area (TPSA) is 117 Å². The third kappa shape index (κ3) is 5.74. The number of ether oxygens (including phenoxy) is 1. The van der Waals surface area contributed by atoms with Gasteiger partial charge in [0.25, 0.3) is 5.91 Å². The second-order valence-electron chi connectivity index (χ2n) is 7.37. The van der Waals surface area contributed by atoms with Crippen molar-refractivity contribution < 1.29 is 31.1 Å². The van der Waals surface area contributed by atoms with E-state index >= 15 is 0 Å². The summed E-state index contributed by atoms with van der Waals surface area (Å²) in [5.41, 5.74) is 0.991. The first-order chi connectivity index (χ1) is 18.0. The third-order valence-electron chi connectivity index (χ3n) is 5.33. The summed E-state index contributed by atoms with van der Waals surface area (Å²) < 4.78 is 44.9. The lowest BCUT2D eigenvalue weighted by Crippen LogP contribution is -2.53. The highest BCUT2D eigenvalue weighted by molar-refractivity contribution is 6.02. The van der Waals surface area contributed by atoms with Gasteiger partial charge in [-0.05, 0) is 49.8 Å². The smallest absolute Gasteiger partial charge is 0.330 e. The van der Waals surface area contributed by atoms with Crippen molar-refractivity contribution in [2.75, 3.05) is 18.1 Å². The molecule has 2 aromatic rings.